The van der Waals surface area contributed by atoms with E-state index in [0.29, 0.717) is 0 Å². The number of rotatable bonds is 0. The molecule has 6 aromatic carbocycles. The lowest BCUT2D eigenvalue weighted by Gasteiger charge is -2.16. The predicted molar refractivity (Wildman–Crippen MR) is 127 cm³/mol. The molecule has 0 fully saturated rings. The molecule has 0 bridgehead atoms. The van der Waals surface area contributed by atoms with E-state index in [2.05, 4.69) is 94.8 Å². The van der Waals surface area contributed by atoms with E-state index in [0.717, 1.165) is 9.50 Å². The van der Waals surface area contributed by atoms with Gasteiger partial charge in [0.1, 0.15) is 0 Å². The van der Waals surface area contributed by atoms with Crippen molar-refractivity contribution in [3.63, 3.8) is 0 Å². The zero-order chi connectivity index (χ0) is 18.8. The maximum Gasteiger partial charge on any atom is 0.0412 e. The molecule has 0 aromatic heterocycles. The maximum absolute atomic E-state index is 6.46. The lowest BCUT2D eigenvalue weighted by atomic mass is 9.87. The minimum Gasteiger partial charge on any atom is -0.0843 e. The molecule has 0 aliphatic carbocycles. The molecular weight excluding hydrogens is 428 g/mol. The highest BCUT2D eigenvalue weighted by molar-refractivity contribution is 9.10. The molecule has 0 saturated heterocycles. The Labute approximate surface area is 175 Å². The Balaban J connectivity index is 2.11. The third-order valence-electron chi connectivity index (χ3n) is 5.73. The van der Waals surface area contributed by atoms with Crippen LogP contribution in [0.5, 0.6) is 0 Å². The zero-order valence-corrected chi connectivity index (χ0v) is 17.2. The van der Waals surface area contributed by atoms with Gasteiger partial charge in [0.2, 0.25) is 0 Å². The third-order valence-corrected chi connectivity index (χ3v) is 6.45. The Kier molecular flexibility index (Phi) is 3.47. The fraction of sp³-hybridized carbons (Fsp3) is 0. The van der Waals surface area contributed by atoms with Crippen LogP contribution >= 0.6 is 27.5 Å². The molecule has 0 aliphatic rings. The Morgan fingerprint density at radius 1 is 0.464 bits per heavy atom. The monoisotopic (exact) mass is 440 g/mol. The van der Waals surface area contributed by atoms with Crippen molar-refractivity contribution in [2.24, 2.45) is 0 Å². The molecule has 0 atom stereocenters. The summed E-state index contributed by atoms with van der Waals surface area (Å²) in [6.45, 7) is 0. The smallest absolute Gasteiger partial charge is 0.0412 e. The fourth-order valence-corrected chi connectivity index (χ4v) is 5.15. The van der Waals surface area contributed by atoms with Gasteiger partial charge in [0.15, 0.2) is 0 Å². The molecule has 0 aliphatic heterocycles. The Hall–Kier alpha value is -2.61. The second-order valence-corrected chi connectivity index (χ2v) is 8.57. The van der Waals surface area contributed by atoms with Crippen molar-refractivity contribution >= 4 is 81.4 Å². The number of hydrogen-bond donors (Lipinski definition) is 0. The van der Waals surface area contributed by atoms with Gasteiger partial charge in [0.05, 0.1) is 0 Å². The summed E-state index contributed by atoms with van der Waals surface area (Å²) in [4.78, 5) is 0. The van der Waals surface area contributed by atoms with E-state index >= 15 is 0 Å². The first kappa shape index (κ1) is 16.4. The van der Waals surface area contributed by atoms with Crippen LogP contribution in [0.25, 0.3) is 53.9 Å². The van der Waals surface area contributed by atoms with Gasteiger partial charge in [0.25, 0.3) is 0 Å². The standard InChI is InChI=1S/C26H14BrCl/c27-15-9-11-22-23(13-15)18-6-2-4-8-21(18)25-20-7-3-1-5-17(20)19-12-10-16(28)14-24(19)26(22)25/h1-14H. The van der Waals surface area contributed by atoms with Gasteiger partial charge >= 0.3 is 0 Å². The van der Waals surface area contributed by atoms with Gasteiger partial charge in [0, 0.05) is 9.50 Å². The number of benzene rings is 6. The maximum atomic E-state index is 6.46. The van der Waals surface area contributed by atoms with Gasteiger partial charge in [-0.05, 0) is 78.1 Å². The summed E-state index contributed by atoms with van der Waals surface area (Å²) < 4.78 is 1.09. The van der Waals surface area contributed by atoms with Crippen molar-refractivity contribution in [3.05, 3.63) is 94.4 Å². The predicted octanol–water partition coefficient (Wildman–Crippen LogP) is 8.87. The first-order valence-corrected chi connectivity index (χ1v) is 10.4. The van der Waals surface area contributed by atoms with Crippen molar-refractivity contribution in [1.82, 2.24) is 0 Å². The SMILES string of the molecule is Clc1ccc2c3ccccc3c3c4ccccc4c4cc(Br)ccc4c3c2c1. The molecule has 2 heteroatoms. The quantitative estimate of drug-likeness (QED) is 0.206. The van der Waals surface area contributed by atoms with Crippen LogP contribution in [-0.4, -0.2) is 0 Å². The van der Waals surface area contributed by atoms with E-state index in [1.54, 1.807) is 0 Å². The van der Waals surface area contributed by atoms with Gasteiger partial charge < -0.3 is 0 Å². The van der Waals surface area contributed by atoms with E-state index in [9.17, 15) is 0 Å². The normalized spacial score (nSPS) is 11.9. The van der Waals surface area contributed by atoms with E-state index in [1.807, 2.05) is 6.07 Å². The fourth-order valence-electron chi connectivity index (χ4n) is 4.62. The second-order valence-electron chi connectivity index (χ2n) is 7.22. The van der Waals surface area contributed by atoms with Gasteiger partial charge in [-0.15, -0.1) is 0 Å². The van der Waals surface area contributed by atoms with Gasteiger partial charge in [-0.3, -0.25) is 0 Å². The van der Waals surface area contributed by atoms with Crippen LogP contribution in [-0.2, 0) is 0 Å². The van der Waals surface area contributed by atoms with Crippen LogP contribution in [0.15, 0.2) is 89.4 Å². The summed E-state index contributed by atoms with van der Waals surface area (Å²) in [5.74, 6) is 0. The van der Waals surface area contributed by atoms with Crippen LogP contribution in [0.4, 0.5) is 0 Å². The third kappa shape index (κ3) is 2.18. The van der Waals surface area contributed by atoms with E-state index < -0.39 is 0 Å². The molecule has 132 valence electrons. The van der Waals surface area contributed by atoms with Crippen LogP contribution in [0.3, 0.4) is 0 Å². The minimum atomic E-state index is 0.766. The Morgan fingerprint density at radius 2 is 0.964 bits per heavy atom. The molecule has 0 radical (unpaired) electrons. The summed E-state index contributed by atoms with van der Waals surface area (Å²) in [7, 11) is 0. The summed E-state index contributed by atoms with van der Waals surface area (Å²) in [5.41, 5.74) is 0. The molecule has 0 amide bonds. The van der Waals surface area contributed by atoms with Crippen LogP contribution in [0.2, 0.25) is 5.02 Å². The molecular formula is C26H14BrCl. The van der Waals surface area contributed by atoms with Crippen LogP contribution < -0.4 is 0 Å². The van der Waals surface area contributed by atoms with Crippen molar-refractivity contribution < 1.29 is 0 Å². The molecule has 0 unspecified atom stereocenters. The minimum absolute atomic E-state index is 0.766. The largest absolute Gasteiger partial charge is 0.0843 e. The van der Waals surface area contributed by atoms with Crippen molar-refractivity contribution in [2.45, 2.75) is 0 Å². The van der Waals surface area contributed by atoms with E-state index in [-0.39, 0.29) is 0 Å². The topological polar surface area (TPSA) is 0 Å². The van der Waals surface area contributed by atoms with E-state index in [4.69, 9.17) is 11.6 Å². The molecule has 0 N–H and O–H groups in total. The lowest BCUT2D eigenvalue weighted by molar-refractivity contribution is 1.74. The summed E-state index contributed by atoms with van der Waals surface area (Å²) in [6, 6.07) is 30.2. The first-order valence-electron chi connectivity index (χ1n) is 9.26. The number of hydrogen-bond acceptors (Lipinski definition) is 0. The molecule has 0 spiro atoms. The number of fused-ring (bicyclic) bond motifs is 11. The molecule has 6 rings (SSSR count). The zero-order valence-electron chi connectivity index (χ0n) is 14.8. The summed E-state index contributed by atoms with van der Waals surface area (Å²) in [6.07, 6.45) is 0. The van der Waals surface area contributed by atoms with Gasteiger partial charge in [-0.2, -0.15) is 0 Å². The van der Waals surface area contributed by atoms with Gasteiger partial charge in [-0.25, -0.2) is 0 Å². The van der Waals surface area contributed by atoms with Crippen LogP contribution in [0.1, 0.15) is 0 Å². The molecule has 28 heavy (non-hydrogen) atoms. The average Bonchev–Trinajstić information content (AvgIpc) is 2.73. The highest BCUT2D eigenvalue weighted by Crippen LogP contribution is 2.44. The summed E-state index contributed by atoms with van der Waals surface area (Å²) in [5, 5.41) is 13.4. The molecule has 6 aromatic rings. The first-order chi connectivity index (χ1) is 13.7. The van der Waals surface area contributed by atoms with Gasteiger partial charge in [-0.1, -0.05) is 88.2 Å². The average molecular weight is 442 g/mol. The highest BCUT2D eigenvalue weighted by atomic mass is 79.9. The van der Waals surface area contributed by atoms with E-state index in [1.165, 1.54) is 53.9 Å². The Morgan fingerprint density at radius 3 is 1.68 bits per heavy atom. The molecule has 0 saturated carbocycles. The highest BCUT2D eigenvalue weighted by Gasteiger charge is 2.15. The van der Waals surface area contributed by atoms with Crippen molar-refractivity contribution in [2.75, 3.05) is 0 Å². The van der Waals surface area contributed by atoms with Crippen molar-refractivity contribution in [3.8, 4) is 0 Å². The molecule has 0 nitrogen and oxygen atoms in total. The Bertz CT molecular complexity index is 1580. The van der Waals surface area contributed by atoms with Crippen molar-refractivity contribution in [1.29, 1.82) is 0 Å². The number of halogens is 2. The second kappa shape index (κ2) is 5.94. The summed E-state index contributed by atoms with van der Waals surface area (Å²) >= 11 is 10.1. The van der Waals surface area contributed by atoms with Crippen LogP contribution in [0, 0.1) is 0 Å². The lowest BCUT2D eigenvalue weighted by Crippen LogP contribution is -1.88. The molecule has 0 heterocycles.